The smallest absolute Gasteiger partial charge is 0.246 e. The molecule has 7 heteroatoms. The fraction of sp³-hybridized carbons (Fsp3) is 0.500. The van der Waals surface area contributed by atoms with E-state index in [9.17, 15) is 4.79 Å². The van der Waals surface area contributed by atoms with E-state index in [2.05, 4.69) is 27.0 Å². The fourth-order valence-electron chi connectivity index (χ4n) is 3.06. The van der Waals surface area contributed by atoms with Gasteiger partial charge in [0.25, 0.3) is 0 Å². The van der Waals surface area contributed by atoms with Gasteiger partial charge in [0, 0.05) is 25.4 Å². The topological polar surface area (TPSA) is 78.3 Å². The van der Waals surface area contributed by atoms with E-state index in [1.807, 2.05) is 24.3 Å². The minimum atomic E-state index is -0.0949. The Bertz CT molecular complexity index is 715. The molecule has 1 aromatic heterocycles. The maximum atomic E-state index is 12.1. The monoisotopic (exact) mass is 344 g/mol. The number of fused-ring (bicyclic) bond motifs is 1. The largest absolute Gasteiger partial charge is 0.497 e. The molecular weight excluding hydrogens is 320 g/mol. The summed E-state index contributed by atoms with van der Waals surface area (Å²) in [4.78, 5) is 12.1. The summed E-state index contributed by atoms with van der Waals surface area (Å²) >= 11 is 0. The highest BCUT2D eigenvalue weighted by Gasteiger charge is 2.23. The Kier molecular flexibility index (Phi) is 5.65. The van der Waals surface area contributed by atoms with Gasteiger partial charge in [-0.2, -0.15) is 0 Å². The molecule has 134 valence electrons. The van der Waals surface area contributed by atoms with Crippen LogP contribution < -0.4 is 10.1 Å². The van der Waals surface area contributed by atoms with Crippen LogP contribution in [0.3, 0.4) is 0 Å². The van der Waals surface area contributed by atoms with Crippen LogP contribution in [0.25, 0.3) is 0 Å². The van der Waals surface area contributed by atoms with Crippen LogP contribution in [-0.4, -0.2) is 40.4 Å². The predicted molar refractivity (Wildman–Crippen MR) is 92.3 cm³/mol. The number of ether oxygens (including phenoxy) is 2. The van der Waals surface area contributed by atoms with Gasteiger partial charge < -0.3 is 19.4 Å². The van der Waals surface area contributed by atoms with Gasteiger partial charge in [-0.1, -0.05) is 19.1 Å². The molecule has 7 nitrogen and oxygen atoms in total. The molecule has 0 radical (unpaired) electrons. The molecule has 1 aliphatic rings. The molecule has 1 N–H and O–H groups in total. The number of rotatable bonds is 7. The van der Waals surface area contributed by atoms with Gasteiger partial charge in [0.15, 0.2) is 0 Å². The zero-order valence-corrected chi connectivity index (χ0v) is 14.7. The minimum Gasteiger partial charge on any atom is -0.497 e. The molecule has 0 spiro atoms. The summed E-state index contributed by atoms with van der Waals surface area (Å²) in [6.07, 6.45) is 2.56. The lowest BCUT2D eigenvalue weighted by Gasteiger charge is -2.25. The van der Waals surface area contributed by atoms with Gasteiger partial charge in [-0.15, -0.1) is 10.2 Å². The first-order valence-corrected chi connectivity index (χ1v) is 8.60. The van der Waals surface area contributed by atoms with Crippen molar-refractivity contribution in [2.24, 2.45) is 0 Å². The zero-order chi connectivity index (χ0) is 17.6. The summed E-state index contributed by atoms with van der Waals surface area (Å²) in [5.41, 5.74) is 0.978. The van der Waals surface area contributed by atoms with Gasteiger partial charge in [0.2, 0.25) is 5.91 Å². The SMILES string of the molecule is CCc1nnc2n1CC(NC(=O)COCc1cccc(OC)c1)CC2. The maximum absolute atomic E-state index is 12.1. The third-order valence-electron chi connectivity index (χ3n) is 4.34. The predicted octanol–water partition coefficient (Wildman–Crippen LogP) is 1.50. The lowest BCUT2D eigenvalue weighted by Crippen LogP contribution is -2.42. The van der Waals surface area contributed by atoms with Crippen molar-refractivity contribution in [2.45, 2.75) is 45.4 Å². The molecule has 0 bridgehead atoms. The highest BCUT2D eigenvalue weighted by molar-refractivity contribution is 5.77. The quantitative estimate of drug-likeness (QED) is 0.823. The molecule has 2 aromatic rings. The number of benzene rings is 1. The average molecular weight is 344 g/mol. The van der Waals surface area contributed by atoms with Crippen molar-refractivity contribution in [1.29, 1.82) is 0 Å². The maximum Gasteiger partial charge on any atom is 0.246 e. The van der Waals surface area contributed by atoms with Crippen LogP contribution in [0.1, 0.15) is 30.6 Å². The van der Waals surface area contributed by atoms with Crippen LogP contribution >= 0.6 is 0 Å². The van der Waals surface area contributed by atoms with Crippen molar-refractivity contribution in [3.8, 4) is 5.75 Å². The first-order chi connectivity index (χ1) is 12.2. The Morgan fingerprint density at radius 2 is 2.28 bits per heavy atom. The van der Waals surface area contributed by atoms with E-state index in [0.29, 0.717) is 6.61 Å². The summed E-state index contributed by atoms with van der Waals surface area (Å²) < 4.78 is 12.8. The van der Waals surface area contributed by atoms with Crippen molar-refractivity contribution in [1.82, 2.24) is 20.1 Å². The van der Waals surface area contributed by atoms with Crippen LogP contribution in [0.5, 0.6) is 5.75 Å². The molecule has 2 heterocycles. The number of nitrogens with one attached hydrogen (secondary N) is 1. The standard InChI is InChI=1S/C18H24N4O3/c1-3-16-20-21-17-8-7-14(10-22(16)17)19-18(23)12-25-11-13-5-4-6-15(9-13)24-2/h4-6,9,14H,3,7-8,10-12H2,1-2H3,(H,19,23). The van der Waals surface area contributed by atoms with Gasteiger partial charge in [-0.3, -0.25) is 4.79 Å². The van der Waals surface area contributed by atoms with E-state index in [0.717, 1.165) is 48.8 Å². The van der Waals surface area contributed by atoms with E-state index in [-0.39, 0.29) is 18.6 Å². The van der Waals surface area contributed by atoms with Gasteiger partial charge in [0.1, 0.15) is 24.0 Å². The van der Waals surface area contributed by atoms with E-state index >= 15 is 0 Å². The molecule has 0 saturated heterocycles. The molecule has 3 rings (SSSR count). The second-order valence-corrected chi connectivity index (χ2v) is 6.14. The van der Waals surface area contributed by atoms with Gasteiger partial charge >= 0.3 is 0 Å². The number of nitrogens with zero attached hydrogens (tertiary/aromatic N) is 3. The third-order valence-corrected chi connectivity index (χ3v) is 4.34. The molecule has 1 amide bonds. The minimum absolute atomic E-state index is 0.0450. The van der Waals surface area contributed by atoms with Gasteiger partial charge in [-0.25, -0.2) is 0 Å². The van der Waals surface area contributed by atoms with Crippen molar-refractivity contribution in [3.63, 3.8) is 0 Å². The highest BCUT2D eigenvalue weighted by atomic mass is 16.5. The van der Waals surface area contributed by atoms with Crippen LogP contribution in [0, 0.1) is 0 Å². The Balaban J connectivity index is 1.45. The van der Waals surface area contributed by atoms with Crippen LogP contribution in [-0.2, 0) is 35.5 Å². The molecule has 1 atom stereocenters. The molecule has 1 unspecified atom stereocenters. The molecule has 0 aliphatic carbocycles. The van der Waals surface area contributed by atoms with Crippen molar-refractivity contribution < 1.29 is 14.3 Å². The van der Waals surface area contributed by atoms with Gasteiger partial charge in [-0.05, 0) is 24.1 Å². The normalized spacial score (nSPS) is 16.3. The van der Waals surface area contributed by atoms with E-state index in [4.69, 9.17) is 9.47 Å². The van der Waals surface area contributed by atoms with Crippen molar-refractivity contribution in [3.05, 3.63) is 41.5 Å². The Morgan fingerprint density at radius 1 is 1.40 bits per heavy atom. The first-order valence-electron chi connectivity index (χ1n) is 8.60. The molecule has 0 saturated carbocycles. The fourth-order valence-corrected chi connectivity index (χ4v) is 3.06. The molecule has 1 aliphatic heterocycles. The molecule has 1 aromatic carbocycles. The van der Waals surface area contributed by atoms with Crippen LogP contribution in [0.2, 0.25) is 0 Å². The van der Waals surface area contributed by atoms with Gasteiger partial charge in [0.05, 0.1) is 13.7 Å². The molecule has 25 heavy (non-hydrogen) atoms. The van der Waals surface area contributed by atoms with E-state index in [1.165, 1.54) is 0 Å². The summed E-state index contributed by atoms with van der Waals surface area (Å²) in [6, 6.07) is 7.73. The highest BCUT2D eigenvalue weighted by Crippen LogP contribution is 2.16. The molecular formula is C18H24N4O3. The van der Waals surface area contributed by atoms with Crippen LogP contribution in [0.15, 0.2) is 24.3 Å². The number of aryl methyl sites for hydroxylation is 2. The number of carbonyl (C=O) groups excluding carboxylic acids is 1. The second kappa shape index (κ2) is 8.11. The zero-order valence-electron chi connectivity index (χ0n) is 14.7. The summed E-state index contributed by atoms with van der Waals surface area (Å²) in [7, 11) is 1.63. The van der Waals surface area contributed by atoms with Crippen molar-refractivity contribution >= 4 is 5.91 Å². The molecule has 0 fully saturated rings. The van der Waals surface area contributed by atoms with Crippen LogP contribution in [0.4, 0.5) is 0 Å². The summed E-state index contributed by atoms with van der Waals surface area (Å²) in [5.74, 6) is 2.67. The summed E-state index contributed by atoms with van der Waals surface area (Å²) in [6.45, 7) is 3.22. The van der Waals surface area contributed by atoms with Crippen molar-refractivity contribution in [2.75, 3.05) is 13.7 Å². The number of carbonyl (C=O) groups is 1. The number of aromatic nitrogens is 3. The third kappa shape index (κ3) is 4.36. The number of hydrogen-bond donors (Lipinski definition) is 1. The Labute approximate surface area is 147 Å². The second-order valence-electron chi connectivity index (χ2n) is 6.14. The lowest BCUT2D eigenvalue weighted by atomic mass is 10.1. The Hall–Kier alpha value is -2.41. The first kappa shape index (κ1) is 17.4. The average Bonchev–Trinajstić information content (AvgIpc) is 3.04. The number of amides is 1. The number of hydrogen-bond acceptors (Lipinski definition) is 5. The lowest BCUT2D eigenvalue weighted by molar-refractivity contribution is -0.127. The van der Waals surface area contributed by atoms with E-state index < -0.39 is 0 Å². The van der Waals surface area contributed by atoms with E-state index in [1.54, 1.807) is 7.11 Å². The number of methoxy groups -OCH3 is 1. The Morgan fingerprint density at radius 3 is 3.08 bits per heavy atom. The summed E-state index contributed by atoms with van der Waals surface area (Å²) in [5, 5.41) is 11.4.